The summed E-state index contributed by atoms with van der Waals surface area (Å²) in [6.45, 7) is 1.73. The summed E-state index contributed by atoms with van der Waals surface area (Å²) in [6.07, 6.45) is 4.44. The highest BCUT2D eigenvalue weighted by Gasteiger charge is 2.13. The molecule has 21 heavy (non-hydrogen) atoms. The predicted octanol–water partition coefficient (Wildman–Crippen LogP) is 2.24. The van der Waals surface area contributed by atoms with Crippen molar-refractivity contribution < 1.29 is 14.8 Å². The van der Waals surface area contributed by atoms with Gasteiger partial charge in [0.15, 0.2) is 11.5 Å². The van der Waals surface area contributed by atoms with Gasteiger partial charge in [-0.2, -0.15) is 5.10 Å². The molecule has 0 aliphatic carbocycles. The average molecular weight is 287 g/mol. The first-order valence-electron chi connectivity index (χ1n) is 6.08. The normalized spacial score (nSPS) is 11.0. The lowest BCUT2D eigenvalue weighted by atomic mass is 10.1. The largest absolute Gasteiger partial charge is 0.502 e. The average Bonchev–Trinajstić information content (AvgIpc) is 2.74. The second-order valence-electron chi connectivity index (χ2n) is 4.50. The van der Waals surface area contributed by atoms with Gasteiger partial charge in [0, 0.05) is 19.3 Å². The van der Waals surface area contributed by atoms with E-state index in [9.17, 15) is 20.0 Å². The monoisotopic (exact) mass is 287 g/mol. The highest BCUT2D eigenvalue weighted by atomic mass is 16.6. The minimum Gasteiger partial charge on any atom is -0.502 e. The van der Waals surface area contributed by atoms with Crippen LogP contribution in [0.3, 0.4) is 0 Å². The highest BCUT2D eigenvalue weighted by molar-refractivity contribution is 6.07. The zero-order valence-corrected chi connectivity index (χ0v) is 11.5. The first kappa shape index (κ1) is 14.4. The number of nitro groups is 1. The molecule has 2 aromatic rings. The Morgan fingerprint density at radius 3 is 2.71 bits per heavy atom. The third kappa shape index (κ3) is 3.14. The molecular formula is C14H13N3O4. The Labute approximate surface area is 120 Å². The van der Waals surface area contributed by atoms with Gasteiger partial charge in [0.1, 0.15) is 0 Å². The van der Waals surface area contributed by atoms with Gasteiger partial charge in [-0.25, -0.2) is 0 Å². The quantitative estimate of drug-likeness (QED) is 0.402. The van der Waals surface area contributed by atoms with Crippen molar-refractivity contribution in [2.75, 3.05) is 0 Å². The van der Waals surface area contributed by atoms with Crippen LogP contribution < -0.4 is 0 Å². The molecule has 0 unspecified atom stereocenters. The second-order valence-corrected chi connectivity index (χ2v) is 4.50. The van der Waals surface area contributed by atoms with Crippen molar-refractivity contribution in [1.82, 2.24) is 9.78 Å². The number of nitro benzene ring substituents is 1. The van der Waals surface area contributed by atoms with E-state index < -0.39 is 10.7 Å². The first-order chi connectivity index (χ1) is 9.88. The summed E-state index contributed by atoms with van der Waals surface area (Å²) in [6, 6.07) is 3.88. The Morgan fingerprint density at radius 1 is 1.48 bits per heavy atom. The molecule has 0 bridgehead atoms. The number of hydrogen-bond donors (Lipinski definition) is 1. The van der Waals surface area contributed by atoms with Gasteiger partial charge >= 0.3 is 5.69 Å². The van der Waals surface area contributed by atoms with Crippen LogP contribution in [0.1, 0.15) is 21.6 Å². The lowest BCUT2D eigenvalue weighted by Crippen LogP contribution is -1.94. The van der Waals surface area contributed by atoms with Crippen LogP contribution in [0, 0.1) is 17.0 Å². The molecule has 0 fully saturated rings. The van der Waals surface area contributed by atoms with Crippen molar-refractivity contribution in [3.63, 3.8) is 0 Å². The maximum absolute atomic E-state index is 12.0. The molecule has 1 heterocycles. The maximum atomic E-state index is 12.0. The van der Waals surface area contributed by atoms with E-state index in [2.05, 4.69) is 5.10 Å². The Balaban J connectivity index is 2.21. The van der Waals surface area contributed by atoms with Gasteiger partial charge in [0.05, 0.1) is 16.2 Å². The Kier molecular flexibility index (Phi) is 3.84. The number of phenolic OH excluding ortho intramolecular Hbond substituents is 1. The number of carbonyl (C=O) groups is 1. The van der Waals surface area contributed by atoms with Gasteiger partial charge in [-0.15, -0.1) is 0 Å². The van der Waals surface area contributed by atoms with E-state index >= 15 is 0 Å². The van der Waals surface area contributed by atoms with Crippen molar-refractivity contribution in [3.8, 4) is 5.75 Å². The molecule has 0 saturated carbocycles. The number of carbonyl (C=O) groups excluding carboxylic acids is 1. The van der Waals surface area contributed by atoms with E-state index in [0.717, 1.165) is 0 Å². The molecule has 1 aromatic heterocycles. The molecule has 1 N–H and O–H groups in total. The Hall–Kier alpha value is -2.96. The number of aromatic hydroxyl groups is 1. The number of phenols is 1. The Morgan fingerprint density at radius 2 is 2.19 bits per heavy atom. The number of rotatable bonds is 4. The SMILES string of the molecule is Cc1nn(C)cc1C(=O)/C=C/c1ccc([N+](=O)[O-])c(O)c1. The van der Waals surface area contributed by atoms with Crippen molar-refractivity contribution in [2.24, 2.45) is 7.05 Å². The number of benzene rings is 1. The van der Waals surface area contributed by atoms with Crippen LogP contribution in [-0.4, -0.2) is 25.6 Å². The van der Waals surface area contributed by atoms with Gasteiger partial charge in [-0.05, 0) is 30.7 Å². The molecule has 1 aromatic carbocycles. The molecule has 7 nitrogen and oxygen atoms in total. The van der Waals surface area contributed by atoms with Gasteiger partial charge in [0.2, 0.25) is 0 Å². The van der Waals surface area contributed by atoms with E-state index in [1.807, 2.05) is 0 Å². The number of hydrogen-bond acceptors (Lipinski definition) is 5. The van der Waals surface area contributed by atoms with Crippen molar-refractivity contribution in [2.45, 2.75) is 6.92 Å². The molecule has 108 valence electrons. The van der Waals surface area contributed by atoms with E-state index in [-0.39, 0.29) is 11.5 Å². The summed E-state index contributed by atoms with van der Waals surface area (Å²) in [4.78, 5) is 21.9. The maximum Gasteiger partial charge on any atom is 0.310 e. The fourth-order valence-electron chi connectivity index (χ4n) is 1.90. The molecule has 0 spiro atoms. The van der Waals surface area contributed by atoms with E-state index in [4.69, 9.17) is 0 Å². The van der Waals surface area contributed by atoms with Crippen LogP contribution in [0.4, 0.5) is 5.69 Å². The number of aryl methyl sites for hydroxylation is 2. The number of nitrogens with zero attached hydrogens (tertiary/aromatic N) is 3. The first-order valence-corrected chi connectivity index (χ1v) is 6.08. The minimum absolute atomic E-state index is 0.224. The van der Waals surface area contributed by atoms with Crippen molar-refractivity contribution in [3.05, 3.63) is 57.4 Å². The third-order valence-corrected chi connectivity index (χ3v) is 2.90. The summed E-state index contributed by atoms with van der Waals surface area (Å²) < 4.78 is 1.55. The topological polar surface area (TPSA) is 98.3 Å². The van der Waals surface area contributed by atoms with E-state index in [0.29, 0.717) is 16.8 Å². The molecule has 0 amide bonds. The van der Waals surface area contributed by atoms with Crippen LogP contribution in [-0.2, 0) is 7.05 Å². The molecule has 0 saturated heterocycles. The summed E-state index contributed by atoms with van der Waals surface area (Å²) in [7, 11) is 1.72. The number of allylic oxidation sites excluding steroid dienone is 1. The summed E-state index contributed by atoms with van der Waals surface area (Å²) in [5, 5.41) is 24.2. The van der Waals surface area contributed by atoms with Gasteiger partial charge in [-0.1, -0.05) is 6.08 Å². The van der Waals surface area contributed by atoms with Crippen molar-refractivity contribution >= 4 is 17.5 Å². The fourth-order valence-corrected chi connectivity index (χ4v) is 1.90. The van der Waals surface area contributed by atoms with E-state index in [1.54, 1.807) is 24.9 Å². The Bertz CT molecular complexity index is 747. The van der Waals surface area contributed by atoms with Gasteiger partial charge in [-0.3, -0.25) is 19.6 Å². The molecule has 0 aliphatic rings. The minimum atomic E-state index is -0.674. The van der Waals surface area contributed by atoms with Gasteiger partial charge < -0.3 is 5.11 Å². The molecule has 0 aliphatic heterocycles. The summed E-state index contributed by atoms with van der Waals surface area (Å²) in [5.41, 5.74) is 1.23. The van der Waals surface area contributed by atoms with E-state index in [1.165, 1.54) is 30.4 Å². The highest BCUT2D eigenvalue weighted by Crippen LogP contribution is 2.26. The standard InChI is InChI=1S/C14H13N3O4/c1-9-11(8-16(2)15-9)13(18)6-4-10-3-5-12(17(20)21)14(19)7-10/h3-8,19H,1-2H3/b6-4+. The van der Waals surface area contributed by atoms with Crippen LogP contribution in [0.25, 0.3) is 6.08 Å². The predicted molar refractivity (Wildman–Crippen MR) is 76.1 cm³/mol. The molecule has 2 rings (SSSR count). The lowest BCUT2D eigenvalue weighted by molar-refractivity contribution is -0.385. The van der Waals surface area contributed by atoms with Crippen LogP contribution >= 0.6 is 0 Å². The zero-order chi connectivity index (χ0) is 15.6. The fraction of sp³-hybridized carbons (Fsp3) is 0.143. The molecular weight excluding hydrogens is 274 g/mol. The summed E-state index contributed by atoms with van der Waals surface area (Å²) in [5.74, 6) is -0.661. The number of ketones is 1. The van der Waals surface area contributed by atoms with Gasteiger partial charge in [0.25, 0.3) is 0 Å². The molecule has 0 atom stereocenters. The lowest BCUT2D eigenvalue weighted by Gasteiger charge is -1.97. The summed E-state index contributed by atoms with van der Waals surface area (Å²) >= 11 is 0. The third-order valence-electron chi connectivity index (χ3n) is 2.90. The van der Waals surface area contributed by atoms with Crippen LogP contribution in [0.5, 0.6) is 5.75 Å². The molecule has 7 heteroatoms. The second kappa shape index (κ2) is 5.58. The van der Waals surface area contributed by atoms with Crippen LogP contribution in [0.2, 0.25) is 0 Å². The smallest absolute Gasteiger partial charge is 0.310 e. The number of aromatic nitrogens is 2. The zero-order valence-electron chi connectivity index (χ0n) is 11.5. The van der Waals surface area contributed by atoms with Crippen molar-refractivity contribution in [1.29, 1.82) is 0 Å². The van der Waals surface area contributed by atoms with Crippen LogP contribution in [0.15, 0.2) is 30.5 Å². The molecule has 0 radical (unpaired) electrons.